The van der Waals surface area contributed by atoms with Crippen LogP contribution in [-0.2, 0) is 17.7 Å². The minimum absolute atomic E-state index is 0.272. The van der Waals surface area contributed by atoms with Crippen LogP contribution >= 0.6 is 11.3 Å². The first-order valence-electron chi connectivity index (χ1n) is 7.97. The minimum atomic E-state index is -0.318. The Kier molecular flexibility index (Phi) is 5.18. The van der Waals surface area contributed by atoms with E-state index in [0.29, 0.717) is 42.6 Å². The van der Waals surface area contributed by atoms with Gasteiger partial charge in [0.1, 0.15) is 5.75 Å². The molecule has 1 aliphatic heterocycles. The maximum atomic E-state index is 12.5. The number of carbonyl (C=O) groups is 2. The number of amides is 2. The van der Waals surface area contributed by atoms with Gasteiger partial charge in [-0.3, -0.25) is 10.1 Å². The Balaban J connectivity index is 1.72. The highest BCUT2D eigenvalue weighted by atomic mass is 32.1. The van der Waals surface area contributed by atoms with Crippen molar-refractivity contribution in [3.8, 4) is 5.75 Å². The zero-order valence-electron chi connectivity index (χ0n) is 14.1. The number of hydrogen-bond acceptors (Lipinski definition) is 6. The summed E-state index contributed by atoms with van der Waals surface area (Å²) in [5.41, 5.74) is 1.37. The number of hydrogen-bond donors (Lipinski definition) is 1. The molecule has 1 aromatic carbocycles. The van der Waals surface area contributed by atoms with Crippen LogP contribution in [0.4, 0.5) is 9.93 Å². The third-order valence-electron chi connectivity index (χ3n) is 3.83. The summed E-state index contributed by atoms with van der Waals surface area (Å²) in [7, 11) is 1.53. The number of nitrogens with one attached hydrogen (secondary N) is 1. The van der Waals surface area contributed by atoms with Crippen molar-refractivity contribution in [2.45, 2.75) is 19.9 Å². The van der Waals surface area contributed by atoms with Gasteiger partial charge in [0.2, 0.25) is 0 Å². The third kappa shape index (κ3) is 3.74. The van der Waals surface area contributed by atoms with Gasteiger partial charge in [-0.15, -0.1) is 0 Å². The van der Waals surface area contributed by atoms with E-state index in [2.05, 4.69) is 10.3 Å². The fourth-order valence-electron chi connectivity index (χ4n) is 2.62. The summed E-state index contributed by atoms with van der Waals surface area (Å²) < 4.78 is 10.3. The van der Waals surface area contributed by atoms with Crippen LogP contribution in [0.15, 0.2) is 24.3 Å². The number of aromatic nitrogens is 1. The normalized spacial score (nSPS) is 13.1. The lowest BCUT2D eigenvalue weighted by Gasteiger charge is -2.24. The number of thiazole rings is 1. The molecule has 132 valence electrons. The second-order valence-electron chi connectivity index (χ2n) is 5.41. The molecular weight excluding hydrogens is 342 g/mol. The van der Waals surface area contributed by atoms with Gasteiger partial charge in [0.15, 0.2) is 5.13 Å². The fourth-order valence-corrected chi connectivity index (χ4v) is 3.64. The van der Waals surface area contributed by atoms with Gasteiger partial charge in [0, 0.05) is 17.8 Å². The summed E-state index contributed by atoms with van der Waals surface area (Å²) in [5.74, 6) is 0.237. The molecule has 25 heavy (non-hydrogen) atoms. The van der Waals surface area contributed by atoms with E-state index in [1.165, 1.54) is 18.4 Å². The molecule has 1 aromatic heterocycles. The van der Waals surface area contributed by atoms with Crippen molar-refractivity contribution in [2.75, 3.05) is 25.6 Å². The average molecular weight is 361 g/mol. The first-order valence-corrected chi connectivity index (χ1v) is 8.78. The van der Waals surface area contributed by atoms with E-state index < -0.39 is 0 Å². The Morgan fingerprint density at radius 1 is 1.36 bits per heavy atom. The zero-order valence-corrected chi connectivity index (χ0v) is 14.9. The van der Waals surface area contributed by atoms with Gasteiger partial charge in [0.05, 0.1) is 31.5 Å². The molecule has 1 aliphatic rings. The van der Waals surface area contributed by atoms with Crippen LogP contribution in [-0.4, -0.2) is 42.1 Å². The minimum Gasteiger partial charge on any atom is -0.496 e. The number of rotatable bonds is 4. The molecule has 0 saturated carbocycles. The standard InChI is InChI=1S/C17H19N3O4S/c1-3-24-17(22)20-9-8-12-14(10-20)25-16(18-12)19-15(21)11-6-4-5-7-13(11)23-2/h4-7H,3,8-10H2,1-2H3,(H,18,19,21). The fraction of sp³-hybridized carbons (Fsp3) is 0.353. The van der Waals surface area contributed by atoms with Crippen molar-refractivity contribution < 1.29 is 19.1 Å². The van der Waals surface area contributed by atoms with Crippen molar-refractivity contribution >= 4 is 28.5 Å². The van der Waals surface area contributed by atoms with Crippen LogP contribution in [0, 0.1) is 0 Å². The summed E-state index contributed by atoms with van der Waals surface area (Å²) >= 11 is 1.38. The summed E-state index contributed by atoms with van der Waals surface area (Å²) in [5, 5.41) is 3.33. The molecule has 3 rings (SSSR count). The van der Waals surface area contributed by atoms with E-state index in [1.807, 2.05) is 6.07 Å². The quantitative estimate of drug-likeness (QED) is 0.906. The number of anilines is 1. The Morgan fingerprint density at radius 3 is 2.92 bits per heavy atom. The molecule has 0 fully saturated rings. The number of benzene rings is 1. The van der Waals surface area contributed by atoms with Crippen LogP contribution in [0.1, 0.15) is 27.9 Å². The first kappa shape index (κ1) is 17.2. The highest BCUT2D eigenvalue weighted by Crippen LogP contribution is 2.29. The van der Waals surface area contributed by atoms with Gasteiger partial charge in [-0.25, -0.2) is 9.78 Å². The topological polar surface area (TPSA) is 80.8 Å². The molecule has 0 saturated heterocycles. The van der Waals surface area contributed by atoms with Crippen LogP contribution in [0.25, 0.3) is 0 Å². The van der Waals surface area contributed by atoms with E-state index in [1.54, 1.807) is 30.0 Å². The van der Waals surface area contributed by atoms with E-state index in [4.69, 9.17) is 9.47 Å². The first-order chi connectivity index (χ1) is 12.1. The molecule has 0 spiro atoms. The molecule has 8 heteroatoms. The summed E-state index contributed by atoms with van der Waals surface area (Å²) in [4.78, 5) is 31.4. The SMILES string of the molecule is CCOC(=O)N1CCc2nc(NC(=O)c3ccccc3OC)sc2C1. The maximum absolute atomic E-state index is 12.5. The molecule has 2 heterocycles. The number of para-hydroxylation sites is 1. The average Bonchev–Trinajstić information content (AvgIpc) is 3.03. The summed E-state index contributed by atoms with van der Waals surface area (Å²) in [6.45, 7) is 3.16. The second kappa shape index (κ2) is 7.52. The predicted molar refractivity (Wildman–Crippen MR) is 94.2 cm³/mol. The van der Waals surface area contributed by atoms with Crippen LogP contribution in [0.2, 0.25) is 0 Å². The lowest BCUT2D eigenvalue weighted by atomic mass is 10.2. The number of ether oxygens (including phenoxy) is 2. The highest BCUT2D eigenvalue weighted by molar-refractivity contribution is 7.15. The van der Waals surface area contributed by atoms with Gasteiger partial charge in [0.25, 0.3) is 5.91 Å². The molecule has 0 radical (unpaired) electrons. The summed E-state index contributed by atoms with van der Waals surface area (Å²) in [6, 6.07) is 7.02. The van der Waals surface area contributed by atoms with E-state index in [-0.39, 0.29) is 12.0 Å². The highest BCUT2D eigenvalue weighted by Gasteiger charge is 2.25. The lowest BCUT2D eigenvalue weighted by molar-refractivity contribution is 0.102. The number of carbonyl (C=O) groups excluding carboxylic acids is 2. The molecule has 0 atom stereocenters. The predicted octanol–water partition coefficient (Wildman–Crippen LogP) is 2.92. The van der Waals surface area contributed by atoms with Crippen molar-refractivity contribution in [3.63, 3.8) is 0 Å². The zero-order chi connectivity index (χ0) is 17.8. The third-order valence-corrected chi connectivity index (χ3v) is 4.83. The molecule has 0 bridgehead atoms. The van der Waals surface area contributed by atoms with Gasteiger partial charge in [-0.05, 0) is 19.1 Å². The molecule has 1 N–H and O–H groups in total. The Morgan fingerprint density at radius 2 is 2.16 bits per heavy atom. The van der Waals surface area contributed by atoms with Crippen LogP contribution in [0.5, 0.6) is 5.75 Å². The number of methoxy groups -OCH3 is 1. The van der Waals surface area contributed by atoms with E-state index in [0.717, 1.165) is 10.6 Å². The second-order valence-corrected chi connectivity index (χ2v) is 6.50. The Hall–Kier alpha value is -2.61. The number of nitrogens with zero attached hydrogens (tertiary/aromatic N) is 2. The molecule has 2 aromatic rings. The van der Waals surface area contributed by atoms with Crippen molar-refractivity contribution in [1.82, 2.24) is 9.88 Å². The van der Waals surface area contributed by atoms with Gasteiger partial charge in [-0.1, -0.05) is 23.5 Å². The lowest BCUT2D eigenvalue weighted by Crippen LogP contribution is -2.35. The molecule has 2 amide bonds. The van der Waals surface area contributed by atoms with E-state index >= 15 is 0 Å². The molecule has 0 unspecified atom stereocenters. The van der Waals surface area contributed by atoms with E-state index in [9.17, 15) is 9.59 Å². The molecule has 0 aliphatic carbocycles. The summed E-state index contributed by atoms with van der Waals surface area (Å²) in [6.07, 6.45) is 0.330. The maximum Gasteiger partial charge on any atom is 0.410 e. The van der Waals surface area contributed by atoms with Crippen molar-refractivity contribution in [3.05, 3.63) is 40.4 Å². The van der Waals surface area contributed by atoms with Crippen molar-refractivity contribution in [2.24, 2.45) is 0 Å². The molecule has 7 nitrogen and oxygen atoms in total. The van der Waals surface area contributed by atoms with Gasteiger partial charge < -0.3 is 14.4 Å². The smallest absolute Gasteiger partial charge is 0.410 e. The largest absolute Gasteiger partial charge is 0.496 e. The van der Waals surface area contributed by atoms with Crippen LogP contribution in [0.3, 0.4) is 0 Å². The Labute approximate surface area is 149 Å². The van der Waals surface area contributed by atoms with Gasteiger partial charge >= 0.3 is 6.09 Å². The molecular formula is C17H19N3O4S. The van der Waals surface area contributed by atoms with Crippen LogP contribution < -0.4 is 10.1 Å². The van der Waals surface area contributed by atoms with Crippen molar-refractivity contribution in [1.29, 1.82) is 0 Å². The Bertz CT molecular complexity index is 790. The van der Waals surface area contributed by atoms with Gasteiger partial charge in [-0.2, -0.15) is 0 Å². The monoisotopic (exact) mass is 361 g/mol. The number of fused-ring (bicyclic) bond motifs is 1.